The molecule has 5 nitrogen and oxygen atoms in total. The first-order valence-corrected chi connectivity index (χ1v) is 8.17. The molecular formula is C18H24N2O3. The quantitative estimate of drug-likeness (QED) is 0.683. The fourth-order valence-corrected chi connectivity index (χ4v) is 2.13. The maximum absolute atomic E-state index is 11.7. The van der Waals surface area contributed by atoms with E-state index in [1.54, 1.807) is 12.4 Å². The molecule has 0 spiro atoms. The summed E-state index contributed by atoms with van der Waals surface area (Å²) in [5.74, 6) is 0.927. The maximum Gasteiger partial charge on any atom is 0.312 e. The van der Waals surface area contributed by atoms with Crippen molar-refractivity contribution in [2.24, 2.45) is 4.99 Å². The molecule has 5 heteroatoms. The second-order valence-corrected chi connectivity index (χ2v) is 5.35. The predicted molar refractivity (Wildman–Crippen MR) is 91.8 cm³/mol. The molecule has 0 atom stereocenters. The van der Waals surface area contributed by atoms with E-state index in [2.05, 4.69) is 11.9 Å². The molecule has 1 aromatic rings. The Morgan fingerprint density at radius 2 is 2.17 bits per heavy atom. The average molecular weight is 316 g/mol. The zero-order valence-corrected chi connectivity index (χ0v) is 13.8. The van der Waals surface area contributed by atoms with Gasteiger partial charge in [0.2, 0.25) is 5.88 Å². The van der Waals surface area contributed by atoms with Gasteiger partial charge in [-0.05, 0) is 25.0 Å². The lowest BCUT2D eigenvalue weighted by atomic mass is 10.2. The maximum atomic E-state index is 11.7. The third-order valence-electron chi connectivity index (χ3n) is 3.34. The summed E-state index contributed by atoms with van der Waals surface area (Å²) in [5.41, 5.74) is 0.979. The van der Waals surface area contributed by atoms with Crippen LogP contribution in [-0.2, 0) is 9.53 Å². The molecule has 0 aliphatic carbocycles. The van der Waals surface area contributed by atoms with E-state index in [4.69, 9.17) is 9.47 Å². The van der Waals surface area contributed by atoms with E-state index in [1.807, 2.05) is 36.1 Å². The minimum atomic E-state index is -0.239. The Bertz CT molecular complexity index is 581. The lowest BCUT2D eigenvalue weighted by Gasteiger charge is -2.22. The van der Waals surface area contributed by atoms with E-state index >= 15 is 0 Å². The highest BCUT2D eigenvalue weighted by molar-refractivity contribution is 5.74. The third-order valence-corrected chi connectivity index (χ3v) is 3.34. The van der Waals surface area contributed by atoms with E-state index in [0.717, 1.165) is 30.7 Å². The molecule has 0 aromatic heterocycles. The van der Waals surface area contributed by atoms with E-state index in [9.17, 15) is 4.79 Å². The summed E-state index contributed by atoms with van der Waals surface area (Å²) in [6.45, 7) is 5.45. The smallest absolute Gasteiger partial charge is 0.312 e. The topological polar surface area (TPSA) is 51.1 Å². The standard InChI is InChI=1S/C18H24N2O3/c1-3-5-9-18(21)23-17-14-20(11-10-19-17)15-7-6-8-16(13-15)22-12-4-2/h6-8,10,13-14H,3-5,9,11-12H2,1-2H3. The molecule has 1 heterocycles. The summed E-state index contributed by atoms with van der Waals surface area (Å²) < 4.78 is 10.9. The number of unbranched alkanes of at least 4 members (excludes halogenated alkanes) is 1. The van der Waals surface area contributed by atoms with Crippen LogP contribution in [0.3, 0.4) is 0 Å². The van der Waals surface area contributed by atoms with Crippen molar-refractivity contribution in [3.8, 4) is 5.75 Å². The summed E-state index contributed by atoms with van der Waals surface area (Å²) in [4.78, 5) is 17.8. The Morgan fingerprint density at radius 1 is 1.30 bits per heavy atom. The number of aliphatic imine (C=N–C) groups is 1. The highest BCUT2D eigenvalue weighted by Crippen LogP contribution is 2.23. The van der Waals surface area contributed by atoms with Gasteiger partial charge in [-0.15, -0.1) is 0 Å². The molecule has 0 unspecified atom stereocenters. The SMILES string of the molecule is CCCCC(=O)OC1=CN(c2cccc(OCCC)c2)CC=N1. The van der Waals surface area contributed by atoms with Crippen LogP contribution in [0.25, 0.3) is 0 Å². The Balaban J connectivity index is 2.02. The largest absolute Gasteiger partial charge is 0.494 e. The van der Waals surface area contributed by atoms with Gasteiger partial charge in [0, 0.05) is 24.4 Å². The van der Waals surface area contributed by atoms with Crippen molar-refractivity contribution in [1.82, 2.24) is 0 Å². The first-order chi connectivity index (χ1) is 11.2. The number of anilines is 1. The molecule has 1 aliphatic heterocycles. The van der Waals surface area contributed by atoms with Gasteiger partial charge in [0.1, 0.15) is 5.75 Å². The van der Waals surface area contributed by atoms with E-state index in [1.165, 1.54) is 0 Å². The molecule has 1 aromatic carbocycles. The second-order valence-electron chi connectivity index (χ2n) is 5.35. The van der Waals surface area contributed by atoms with Gasteiger partial charge < -0.3 is 14.4 Å². The van der Waals surface area contributed by atoms with Crippen molar-refractivity contribution in [2.45, 2.75) is 39.5 Å². The van der Waals surface area contributed by atoms with Gasteiger partial charge in [-0.3, -0.25) is 4.79 Å². The van der Waals surface area contributed by atoms with Crippen molar-refractivity contribution in [1.29, 1.82) is 0 Å². The van der Waals surface area contributed by atoms with Gasteiger partial charge >= 0.3 is 5.97 Å². The molecule has 0 saturated carbocycles. The highest BCUT2D eigenvalue weighted by Gasteiger charge is 2.13. The fourth-order valence-electron chi connectivity index (χ4n) is 2.13. The van der Waals surface area contributed by atoms with Crippen molar-refractivity contribution in [3.63, 3.8) is 0 Å². The van der Waals surface area contributed by atoms with E-state index in [-0.39, 0.29) is 5.97 Å². The van der Waals surface area contributed by atoms with Crippen LogP contribution in [0.15, 0.2) is 41.3 Å². The van der Waals surface area contributed by atoms with Gasteiger partial charge in [-0.2, -0.15) is 0 Å². The van der Waals surface area contributed by atoms with Crippen molar-refractivity contribution < 1.29 is 14.3 Å². The Hall–Kier alpha value is -2.30. The van der Waals surface area contributed by atoms with Crippen LogP contribution in [-0.4, -0.2) is 25.3 Å². The number of rotatable bonds is 8. The van der Waals surface area contributed by atoms with E-state index in [0.29, 0.717) is 25.5 Å². The number of carbonyl (C=O) groups is 1. The normalized spacial score (nSPS) is 13.7. The van der Waals surface area contributed by atoms with E-state index < -0.39 is 0 Å². The number of benzene rings is 1. The predicted octanol–water partition coefficient (Wildman–Crippen LogP) is 3.90. The molecule has 1 aliphatic rings. The zero-order chi connectivity index (χ0) is 16.5. The number of ether oxygens (including phenoxy) is 2. The fraction of sp³-hybridized carbons (Fsp3) is 0.444. The Labute approximate surface area is 137 Å². The summed E-state index contributed by atoms with van der Waals surface area (Å²) in [6, 6.07) is 7.85. The van der Waals surface area contributed by atoms with Crippen molar-refractivity contribution in [2.75, 3.05) is 18.1 Å². The molecule has 2 rings (SSSR count). The van der Waals surface area contributed by atoms with Crippen LogP contribution < -0.4 is 9.64 Å². The molecular weight excluding hydrogens is 292 g/mol. The minimum absolute atomic E-state index is 0.239. The molecule has 0 saturated heterocycles. The first kappa shape index (κ1) is 17.1. The number of esters is 1. The summed E-state index contributed by atoms with van der Waals surface area (Å²) in [7, 11) is 0. The Morgan fingerprint density at radius 3 is 2.96 bits per heavy atom. The lowest BCUT2D eigenvalue weighted by molar-refractivity contribution is -0.139. The van der Waals surface area contributed by atoms with Crippen LogP contribution in [0.1, 0.15) is 39.5 Å². The number of hydrogen-bond acceptors (Lipinski definition) is 5. The van der Waals surface area contributed by atoms with Gasteiger partial charge in [0.05, 0.1) is 19.4 Å². The van der Waals surface area contributed by atoms with Crippen molar-refractivity contribution >= 4 is 17.9 Å². The molecule has 0 N–H and O–H groups in total. The molecule has 23 heavy (non-hydrogen) atoms. The zero-order valence-electron chi connectivity index (χ0n) is 13.8. The van der Waals surface area contributed by atoms with Crippen LogP contribution >= 0.6 is 0 Å². The van der Waals surface area contributed by atoms with Gasteiger partial charge in [0.25, 0.3) is 0 Å². The highest BCUT2D eigenvalue weighted by atomic mass is 16.5. The average Bonchev–Trinajstić information content (AvgIpc) is 2.58. The van der Waals surface area contributed by atoms with Gasteiger partial charge in [0.15, 0.2) is 0 Å². The number of nitrogens with zero attached hydrogens (tertiary/aromatic N) is 2. The number of carbonyl (C=O) groups excluding carboxylic acids is 1. The van der Waals surface area contributed by atoms with Crippen LogP contribution in [0, 0.1) is 0 Å². The van der Waals surface area contributed by atoms with Crippen LogP contribution in [0.2, 0.25) is 0 Å². The Kier molecular flexibility index (Phi) is 6.66. The molecule has 124 valence electrons. The molecule has 0 amide bonds. The third kappa shape index (κ3) is 5.43. The molecule has 0 radical (unpaired) electrons. The molecule has 0 bridgehead atoms. The summed E-state index contributed by atoms with van der Waals surface area (Å²) in [5, 5.41) is 0. The van der Waals surface area contributed by atoms with Crippen molar-refractivity contribution in [3.05, 3.63) is 36.3 Å². The van der Waals surface area contributed by atoms with Crippen LogP contribution in [0.5, 0.6) is 5.75 Å². The minimum Gasteiger partial charge on any atom is -0.494 e. The second kappa shape index (κ2) is 8.98. The van der Waals surface area contributed by atoms with Crippen LogP contribution in [0.4, 0.5) is 5.69 Å². The summed E-state index contributed by atoms with van der Waals surface area (Å²) in [6.07, 6.45) is 6.68. The number of hydrogen-bond donors (Lipinski definition) is 0. The summed E-state index contributed by atoms with van der Waals surface area (Å²) >= 11 is 0. The lowest BCUT2D eigenvalue weighted by Crippen LogP contribution is -2.23. The molecule has 0 fully saturated rings. The van der Waals surface area contributed by atoms with Gasteiger partial charge in [-0.25, -0.2) is 4.99 Å². The monoisotopic (exact) mass is 316 g/mol. The van der Waals surface area contributed by atoms with Gasteiger partial charge in [-0.1, -0.05) is 26.3 Å². The first-order valence-electron chi connectivity index (χ1n) is 8.17.